The van der Waals surface area contributed by atoms with Crippen LogP contribution in [-0.2, 0) is 4.79 Å². The van der Waals surface area contributed by atoms with Crippen LogP contribution in [0.1, 0.15) is 23.7 Å². The molecule has 0 unspecified atom stereocenters. The predicted molar refractivity (Wildman–Crippen MR) is 75.3 cm³/mol. The lowest BCUT2D eigenvalue weighted by atomic mass is 10.1. The van der Waals surface area contributed by atoms with Crippen molar-refractivity contribution in [3.05, 3.63) is 17.7 Å². The second kappa shape index (κ2) is 7.37. The van der Waals surface area contributed by atoms with Gasteiger partial charge in [-0.2, -0.15) is 0 Å². The van der Waals surface area contributed by atoms with Crippen LogP contribution in [0, 0.1) is 0 Å². The average molecular weight is 297 g/mol. The molecule has 1 aromatic rings. The maximum atomic E-state index is 12.2. The summed E-state index contributed by atoms with van der Waals surface area (Å²) in [6.07, 6.45) is 0.274. The van der Waals surface area contributed by atoms with Crippen molar-refractivity contribution in [2.75, 3.05) is 21.3 Å². The van der Waals surface area contributed by atoms with Gasteiger partial charge in [0.25, 0.3) is 5.91 Å². The van der Waals surface area contributed by atoms with Gasteiger partial charge in [-0.15, -0.1) is 0 Å². The first-order valence-corrected chi connectivity index (χ1v) is 6.32. The normalized spacial score (nSPS) is 11.4. The van der Waals surface area contributed by atoms with E-state index in [0.29, 0.717) is 5.75 Å². The summed E-state index contributed by atoms with van der Waals surface area (Å²) in [5, 5.41) is 11.4. The van der Waals surface area contributed by atoms with Gasteiger partial charge < -0.3 is 24.6 Å². The minimum atomic E-state index is -1.09. The van der Waals surface area contributed by atoms with Crippen LogP contribution in [0.15, 0.2) is 12.1 Å². The van der Waals surface area contributed by atoms with E-state index in [2.05, 4.69) is 5.32 Å². The molecule has 0 saturated carbocycles. The summed E-state index contributed by atoms with van der Waals surface area (Å²) in [7, 11) is 4.28. The molecule has 1 amide bonds. The van der Waals surface area contributed by atoms with Crippen molar-refractivity contribution in [2.45, 2.75) is 19.4 Å². The molecule has 0 saturated heterocycles. The Hall–Kier alpha value is -2.44. The highest BCUT2D eigenvalue weighted by molar-refractivity contribution is 6.00. The number of aliphatic carboxylic acids is 1. The molecule has 7 heteroatoms. The summed E-state index contributed by atoms with van der Waals surface area (Å²) in [6.45, 7) is 1.67. The number of ether oxygens (including phenoxy) is 3. The fourth-order valence-electron chi connectivity index (χ4n) is 1.85. The van der Waals surface area contributed by atoms with E-state index in [1.165, 1.54) is 27.4 Å². The zero-order valence-electron chi connectivity index (χ0n) is 12.4. The number of amides is 1. The number of nitrogens with one attached hydrogen (secondary N) is 1. The molecule has 0 aliphatic rings. The standard InChI is InChI=1S/C14H19NO6/c1-5-9(14(17)18)15-13(16)8-6-7-10(19-2)12(21-4)11(8)20-3/h6-7,9H,5H2,1-4H3,(H,15,16)(H,17,18)/t9-/m1/s1. The van der Waals surface area contributed by atoms with Gasteiger partial charge in [0.15, 0.2) is 11.5 Å². The van der Waals surface area contributed by atoms with Gasteiger partial charge in [-0.3, -0.25) is 4.79 Å². The van der Waals surface area contributed by atoms with Crippen LogP contribution in [0.3, 0.4) is 0 Å². The van der Waals surface area contributed by atoms with Crippen molar-refractivity contribution < 1.29 is 28.9 Å². The van der Waals surface area contributed by atoms with E-state index >= 15 is 0 Å². The maximum Gasteiger partial charge on any atom is 0.326 e. The first-order valence-electron chi connectivity index (χ1n) is 6.32. The van der Waals surface area contributed by atoms with Crippen LogP contribution in [0.2, 0.25) is 0 Å². The van der Waals surface area contributed by atoms with Crippen LogP contribution in [0.25, 0.3) is 0 Å². The van der Waals surface area contributed by atoms with Gasteiger partial charge >= 0.3 is 5.97 Å². The fraction of sp³-hybridized carbons (Fsp3) is 0.429. The van der Waals surface area contributed by atoms with E-state index in [1.54, 1.807) is 13.0 Å². The van der Waals surface area contributed by atoms with Crippen LogP contribution >= 0.6 is 0 Å². The SMILES string of the molecule is CC[C@@H](NC(=O)c1ccc(OC)c(OC)c1OC)C(=O)O. The van der Waals surface area contributed by atoms with Crippen molar-refractivity contribution in [2.24, 2.45) is 0 Å². The number of carboxylic acid groups (broad SMARTS) is 1. The highest BCUT2D eigenvalue weighted by Gasteiger charge is 2.24. The summed E-state index contributed by atoms with van der Waals surface area (Å²) >= 11 is 0. The van der Waals surface area contributed by atoms with Gasteiger partial charge in [-0.1, -0.05) is 6.92 Å². The molecule has 0 spiro atoms. The van der Waals surface area contributed by atoms with Crippen molar-refractivity contribution in [3.8, 4) is 17.2 Å². The summed E-state index contributed by atoms with van der Waals surface area (Å²) in [5.74, 6) is -0.769. The largest absolute Gasteiger partial charge is 0.493 e. The van der Waals surface area contributed by atoms with Crippen molar-refractivity contribution in [3.63, 3.8) is 0 Å². The molecule has 2 N–H and O–H groups in total. The smallest absolute Gasteiger partial charge is 0.326 e. The summed E-state index contributed by atoms with van der Waals surface area (Å²) in [5.41, 5.74) is 0.176. The second-order valence-corrected chi connectivity index (χ2v) is 4.15. The molecule has 0 aliphatic carbocycles. The molecule has 1 rings (SSSR count). The Kier molecular flexibility index (Phi) is 5.83. The number of hydrogen-bond donors (Lipinski definition) is 2. The Morgan fingerprint density at radius 2 is 1.76 bits per heavy atom. The number of benzene rings is 1. The van der Waals surface area contributed by atoms with E-state index in [9.17, 15) is 9.59 Å². The molecule has 0 bridgehead atoms. The van der Waals surface area contributed by atoms with E-state index in [1.807, 2.05) is 0 Å². The quantitative estimate of drug-likeness (QED) is 0.788. The molecule has 0 fully saturated rings. The molecule has 0 heterocycles. The Labute approximate surface area is 122 Å². The number of methoxy groups -OCH3 is 3. The zero-order valence-corrected chi connectivity index (χ0v) is 12.4. The lowest BCUT2D eigenvalue weighted by molar-refractivity contribution is -0.139. The van der Waals surface area contributed by atoms with Crippen LogP contribution < -0.4 is 19.5 Å². The van der Waals surface area contributed by atoms with Gasteiger partial charge in [-0.25, -0.2) is 4.79 Å². The Morgan fingerprint density at radius 3 is 2.19 bits per heavy atom. The van der Waals surface area contributed by atoms with Gasteiger partial charge in [0, 0.05) is 0 Å². The fourth-order valence-corrected chi connectivity index (χ4v) is 1.85. The molecule has 1 atom stereocenters. The molecule has 0 aliphatic heterocycles. The molecule has 21 heavy (non-hydrogen) atoms. The van der Waals surface area contributed by atoms with E-state index in [4.69, 9.17) is 19.3 Å². The first kappa shape index (κ1) is 16.6. The van der Waals surface area contributed by atoms with Crippen molar-refractivity contribution in [1.29, 1.82) is 0 Å². The zero-order chi connectivity index (χ0) is 16.0. The lowest BCUT2D eigenvalue weighted by Crippen LogP contribution is -2.40. The molecule has 0 radical (unpaired) electrons. The molecule has 1 aromatic carbocycles. The van der Waals surface area contributed by atoms with Crippen LogP contribution in [0.5, 0.6) is 17.2 Å². The van der Waals surface area contributed by atoms with Gasteiger partial charge in [0.1, 0.15) is 6.04 Å². The van der Waals surface area contributed by atoms with Gasteiger partial charge in [0.2, 0.25) is 5.75 Å². The van der Waals surface area contributed by atoms with E-state index < -0.39 is 17.9 Å². The lowest BCUT2D eigenvalue weighted by Gasteiger charge is -2.17. The highest BCUT2D eigenvalue weighted by atomic mass is 16.5. The topological polar surface area (TPSA) is 94.1 Å². The van der Waals surface area contributed by atoms with Crippen LogP contribution in [-0.4, -0.2) is 44.4 Å². The molecule has 7 nitrogen and oxygen atoms in total. The van der Waals surface area contributed by atoms with E-state index in [0.717, 1.165) is 0 Å². The highest BCUT2D eigenvalue weighted by Crippen LogP contribution is 2.39. The number of carboxylic acids is 1. The molecular weight excluding hydrogens is 278 g/mol. The number of hydrogen-bond acceptors (Lipinski definition) is 5. The number of carbonyl (C=O) groups is 2. The minimum Gasteiger partial charge on any atom is -0.493 e. The number of carbonyl (C=O) groups excluding carboxylic acids is 1. The molecule has 0 aromatic heterocycles. The maximum absolute atomic E-state index is 12.2. The van der Waals surface area contributed by atoms with Gasteiger partial charge in [-0.05, 0) is 18.6 Å². The number of rotatable bonds is 7. The third-order valence-electron chi connectivity index (χ3n) is 2.96. The summed E-state index contributed by atoms with van der Waals surface area (Å²) < 4.78 is 15.5. The Morgan fingerprint density at radius 1 is 1.14 bits per heavy atom. The Balaban J connectivity index is 3.18. The van der Waals surface area contributed by atoms with Gasteiger partial charge in [0.05, 0.1) is 26.9 Å². The van der Waals surface area contributed by atoms with Crippen molar-refractivity contribution in [1.82, 2.24) is 5.32 Å². The average Bonchev–Trinajstić information content (AvgIpc) is 2.49. The third kappa shape index (κ3) is 3.56. The molecule has 116 valence electrons. The predicted octanol–water partition coefficient (Wildman–Crippen LogP) is 1.31. The second-order valence-electron chi connectivity index (χ2n) is 4.15. The summed E-state index contributed by atoms with van der Waals surface area (Å²) in [4.78, 5) is 23.2. The summed E-state index contributed by atoms with van der Waals surface area (Å²) in [6, 6.07) is 2.08. The molecular formula is C14H19NO6. The first-order chi connectivity index (χ1) is 9.99. The monoisotopic (exact) mass is 297 g/mol. The Bertz CT molecular complexity index is 528. The van der Waals surface area contributed by atoms with Crippen molar-refractivity contribution >= 4 is 11.9 Å². The third-order valence-corrected chi connectivity index (χ3v) is 2.96. The minimum absolute atomic E-state index is 0.176. The van der Waals surface area contributed by atoms with E-state index in [-0.39, 0.29) is 23.5 Å². The van der Waals surface area contributed by atoms with Crippen LogP contribution in [0.4, 0.5) is 0 Å².